The molecule has 158 valence electrons. The number of nitrogens with one attached hydrogen (secondary N) is 1. The highest BCUT2D eigenvalue weighted by Crippen LogP contribution is 2.43. The maximum atomic E-state index is 6.58. The van der Waals surface area contributed by atoms with Crippen molar-refractivity contribution in [2.45, 2.75) is 97.8 Å². The van der Waals surface area contributed by atoms with Crippen LogP contribution in [0.1, 0.15) is 84.8 Å². The van der Waals surface area contributed by atoms with Gasteiger partial charge in [-0.2, -0.15) is 0 Å². The van der Waals surface area contributed by atoms with Crippen LogP contribution in [-0.2, 0) is 17.6 Å². The van der Waals surface area contributed by atoms with E-state index in [1.54, 1.807) is 0 Å². The van der Waals surface area contributed by atoms with Gasteiger partial charge in [-0.05, 0) is 79.7 Å². The molecule has 1 aromatic carbocycles. The molecule has 2 nitrogen and oxygen atoms in total. The van der Waals surface area contributed by atoms with Crippen LogP contribution >= 0.6 is 0 Å². The van der Waals surface area contributed by atoms with Gasteiger partial charge in [0.2, 0.25) is 0 Å². The largest absolute Gasteiger partial charge is 0.359 e. The van der Waals surface area contributed by atoms with E-state index in [0.717, 1.165) is 30.8 Å². The summed E-state index contributed by atoms with van der Waals surface area (Å²) in [5, 5.41) is 4.10. The molecule has 0 aromatic heterocycles. The summed E-state index contributed by atoms with van der Waals surface area (Å²) in [6, 6.07) is 9.35. The quantitative estimate of drug-likeness (QED) is 0.588. The highest BCUT2D eigenvalue weighted by atomic mass is 16.5. The van der Waals surface area contributed by atoms with Crippen LogP contribution in [0.25, 0.3) is 0 Å². The van der Waals surface area contributed by atoms with Gasteiger partial charge in [0, 0.05) is 5.54 Å². The zero-order valence-electron chi connectivity index (χ0n) is 19.2. The van der Waals surface area contributed by atoms with E-state index in [1.807, 2.05) is 0 Å². The summed E-state index contributed by atoms with van der Waals surface area (Å²) in [5.41, 5.74) is 2.97. The zero-order valence-corrected chi connectivity index (χ0v) is 19.2. The Morgan fingerprint density at radius 3 is 2.14 bits per heavy atom. The van der Waals surface area contributed by atoms with Crippen molar-refractivity contribution in [1.82, 2.24) is 5.32 Å². The normalized spacial score (nSPS) is 33.3. The first-order valence-electron chi connectivity index (χ1n) is 11.7. The highest BCUT2D eigenvalue weighted by Gasteiger charge is 2.50. The lowest BCUT2D eigenvalue weighted by molar-refractivity contribution is -0.0660. The van der Waals surface area contributed by atoms with Gasteiger partial charge >= 0.3 is 0 Å². The van der Waals surface area contributed by atoms with Crippen LogP contribution in [0, 0.1) is 23.7 Å². The SMILES string of the molecule is CC(C)Cc1ccc(CCC2(CC(C)C)COC3(C[C@H](C)C[C@H](C)C3)N2)cc1. The summed E-state index contributed by atoms with van der Waals surface area (Å²) >= 11 is 0. The van der Waals surface area contributed by atoms with Crippen LogP contribution in [0.2, 0.25) is 0 Å². The van der Waals surface area contributed by atoms with Crippen LogP contribution in [0.4, 0.5) is 0 Å². The van der Waals surface area contributed by atoms with Crippen molar-refractivity contribution in [3.8, 4) is 0 Å². The Kier molecular flexibility index (Phi) is 6.92. The lowest BCUT2D eigenvalue weighted by Crippen LogP contribution is -2.55. The fraction of sp³-hybridized carbons (Fsp3) is 0.769. The molecule has 1 saturated heterocycles. The molecule has 1 spiro atoms. The molecular weight excluding hydrogens is 342 g/mol. The Morgan fingerprint density at radius 2 is 1.57 bits per heavy atom. The van der Waals surface area contributed by atoms with E-state index in [9.17, 15) is 0 Å². The minimum atomic E-state index is -0.0763. The molecule has 0 radical (unpaired) electrons. The van der Waals surface area contributed by atoms with Crippen molar-refractivity contribution < 1.29 is 4.74 Å². The summed E-state index contributed by atoms with van der Waals surface area (Å²) in [5.74, 6) is 2.90. The van der Waals surface area contributed by atoms with Gasteiger partial charge in [-0.25, -0.2) is 0 Å². The van der Waals surface area contributed by atoms with E-state index in [2.05, 4.69) is 71.1 Å². The van der Waals surface area contributed by atoms with Gasteiger partial charge in [-0.15, -0.1) is 0 Å². The molecule has 0 amide bonds. The number of aryl methyl sites for hydroxylation is 1. The third-order valence-corrected chi connectivity index (χ3v) is 6.64. The second-order valence-electron chi connectivity index (χ2n) is 11.1. The molecular formula is C26H43NO. The lowest BCUT2D eigenvalue weighted by Gasteiger charge is -2.42. The fourth-order valence-electron chi connectivity index (χ4n) is 5.94. The number of hydrogen-bond acceptors (Lipinski definition) is 2. The van der Waals surface area contributed by atoms with Crippen molar-refractivity contribution in [3.05, 3.63) is 35.4 Å². The second-order valence-corrected chi connectivity index (χ2v) is 11.1. The summed E-state index contributed by atoms with van der Waals surface area (Å²) in [6.45, 7) is 14.9. The van der Waals surface area contributed by atoms with Crippen LogP contribution in [-0.4, -0.2) is 17.9 Å². The Morgan fingerprint density at radius 1 is 0.964 bits per heavy atom. The highest BCUT2D eigenvalue weighted by molar-refractivity contribution is 5.23. The van der Waals surface area contributed by atoms with Crippen molar-refractivity contribution in [2.24, 2.45) is 23.7 Å². The number of hydrogen-bond donors (Lipinski definition) is 1. The molecule has 2 unspecified atom stereocenters. The molecule has 1 aliphatic heterocycles. The number of rotatable bonds is 7. The Labute approximate surface area is 173 Å². The van der Waals surface area contributed by atoms with Gasteiger partial charge in [0.15, 0.2) is 0 Å². The molecule has 2 aliphatic rings. The Bertz CT molecular complexity index is 610. The van der Waals surface area contributed by atoms with E-state index < -0.39 is 0 Å². The van der Waals surface area contributed by atoms with E-state index in [-0.39, 0.29) is 11.3 Å². The van der Waals surface area contributed by atoms with Gasteiger partial charge in [0.05, 0.1) is 6.61 Å². The monoisotopic (exact) mass is 385 g/mol. The first-order valence-corrected chi connectivity index (χ1v) is 11.7. The van der Waals surface area contributed by atoms with Gasteiger partial charge in [-0.3, -0.25) is 5.32 Å². The Balaban J connectivity index is 1.67. The molecule has 4 atom stereocenters. The molecule has 2 fully saturated rings. The first-order chi connectivity index (χ1) is 13.2. The summed E-state index contributed by atoms with van der Waals surface area (Å²) in [7, 11) is 0. The van der Waals surface area contributed by atoms with Crippen molar-refractivity contribution in [3.63, 3.8) is 0 Å². The number of benzene rings is 1. The fourth-order valence-corrected chi connectivity index (χ4v) is 5.94. The van der Waals surface area contributed by atoms with Gasteiger partial charge in [0.25, 0.3) is 0 Å². The zero-order chi connectivity index (χ0) is 20.4. The molecule has 1 saturated carbocycles. The predicted octanol–water partition coefficient (Wildman–Crippen LogP) is 6.37. The van der Waals surface area contributed by atoms with Gasteiger partial charge < -0.3 is 4.74 Å². The lowest BCUT2D eigenvalue weighted by atomic mass is 9.77. The van der Waals surface area contributed by atoms with Crippen LogP contribution < -0.4 is 5.32 Å². The third kappa shape index (κ3) is 5.60. The molecule has 2 heteroatoms. The minimum absolute atomic E-state index is 0.0763. The number of ether oxygens (including phenoxy) is 1. The molecule has 1 N–H and O–H groups in total. The molecule has 1 aromatic rings. The summed E-state index contributed by atoms with van der Waals surface area (Å²) < 4.78 is 6.58. The van der Waals surface area contributed by atoms with Crippen molar-refractivity contribution in [1.29, 1.82) is 0 Å². The molecule has 1 heterocycles. The van der Waals surface area contributed by atoms with E-state index in [1.165, 1.54) is 49.7 Å². The Hall–Kier alpha value is -0.860. The third-order valence-electron chi connectivity index (χ3n) is 6.64. The molecule has 28 heavy (non-hydrogen) atoms. The average molecular weight is 386 g/mol. The van der Waals surface area contributed by atoms with Gasteiger partial charge in [-0.1, -0.05) is 65.8 Å². The maximum absolute atomic E-state index is 6.58. The van der Waals surface area contributed by atoms with Crippen LogP contribution in [0.15, 0.2) is 24.3 Å². The maximum Gasteiger partial charge on any atom is 0.120 e. The van der Waals surface area contributed by atoms with Crippen molar-refractivity contribution in [2.75, 3.05) is 6.61 Å². The smallest absolute Gasteiger partial charge is 0.120 e. The first kappa shape index (κ1) is 21.8. The summed E-state index contributed by atoms with van der Waals surface area (Å²) in [4.78, 5) is 0. The second kappa shape index (κ2) is 8.88. The van der Waals surface area contributed by atoms with E-state index in [0.29, 0.717) is 5.92 Å². The molecule has 3 rings (SSSR count). The van der Waals surface area contributed by atoms with Crippen LogP contribution in [0.3, 0.4) is 0 Å². The van der Waals surface area contributed by atoms with E-state index >= 15 is 0 Å². The van der Waals surface area contributed by atoms with E-state index in [4.69, 9.17) is 4.74 Å². The standard InChI is InChI=1S/C26H43NO/c1-19(2)13-24-9-7-23(8-10-24)11-12-25(15-20(3)4)18-28-26(27-25)16-21(5)14-22(6)17-26/h7-10,19-22,27H,11-18H2,1-6H3/t21-,22+,25?,26?. The predicted molar refractivity (Wildman–Crippen MR) is 119 cm³/mol. The minimum Gasteiger partial charge on any atom is -0.359 e. The molecule has 1 aliphatic carbocycles. The summed E-state index contributed by atoms with van der Waals surface area (Å²) in [6.07, 6.45) is 8.34. The van der Waals surface area contributed by atoms with Crippen LogP contribution in [0.5, 0.6) is 0 Å². The van der Waals surface area contributed by atoms with Gasteiger partial charge in [0.1, 0.15) is 5.72 Å². The molecule has 0 bridgehead atoms. The van der Waals surface area contributed by atoms with Crippen molar-refractivity contribution >= 4 is 0 Å². The topological polar surface area (TPSA) is 21.3 Å². The average Bonchev–Trinajstić information content (AvgIpc) is 2.89.